The molecule has 2 aromatic heterocycles. The summed E-state index contributed by atoms with van der Waals surface area (Å²) >= 11 is 5.76. The summed E-state index contributed by atoms with van der Waals surface area (Å²) in [4.78, 5) is 19.5. The molecule has 0 unspecified atom stereocenters. The molecular weight excluding hydrogens is 285 g/mol. The molecule has 7 heteroatoms. The van der Waals surface area contributed by atoms with Gasteiger partial charge in [0.25, 0.3) is 5.91 Å². The highest BCUT2D eigenvalue weighted by Gasteiger charge is 2.13. The van der Waals surface area contributed by atoms with E-state index in [1.807, 2.05) is 0 Å². The molecule has 104 valence electrons. The van der Waals surface area contributed by atoms with Crippen LogP contribution < -0.4 is 10.1 Å². The van der Waals surface area contributed by atoms with Gasteiger partial charge in [-0.2, -0.15) is 0 Å². The van der Waals surface area contributed by atoms with Crippen molar-refractivity contribution in [1.29, 1.82) is 0 Å². The minimum absolute atomic E-state index is 0.0190. The topological polar surface area (TPSA) is 64.1 Å². The van der Waals surface area contributed by atoms with Crippen LogP contribution in [0.15, 0.2) is 30.6 Å². The Morgan fingerprint density at radius 1 is 1.50 bits per heavy atom. The van der Waals surface area contributed by atoms with Crippen LogP contribution in [-0.2, 0) is 6.54 Å². The first kappa shape index (κ1) is 14.2. The number of nitrogens with one attached hydrogen (secondary N) is 1. The molecule has 0 saturated heterocycles. The van der Waals surface area contributed by atoms with Crippen LogP contribution in [0.5, 0.6) is 5.88 Å². The summed E-state index contributed by atoms with van der Waals surface area (Å²) in [6, 6.07) is 4.52. The number of halogens is 2. The number of hydrogen-bond donors (Lipinski definition) is 1. The number of carbonyl (C=O) groups is 1. The van der Waals surface area contributed by atoms with Crippen LogP contribution in [0.1, 0.15) is 15.9 Å². The Morgan fingerprint density at radius 2 is 2.30 bits per heavy atom. The molecule has 0 saturated carbocycles. The standard InChI is InChI=1S/C13H11ClFN3O2/c1-20-13-8(3-2-4-16-13)6-18-12(19)10-5-9(15)7-17-11(10)14/h2-5,7H,6H2,1H3,(H,18,19). The van der Waals surface area contributed by atoms with Gasteiger partial charge in [-0.3, -0.25) is 4.79 Å². The smallest absolute Gasteiger partial charge is 0.254 e. The van der Waals surface area contributed by atoms with Crippen LogP contribution in [0.3, 0.4) is 0 Å². The Labute approximate surface area is 119 Å². The van der Waals surface area contributed by atoms with Crippen LogP contribution in [0.2, 0.25) is 5.15 Å². The minimum atomic E-state index is -0.626. The zero-order valence-electron chi connectivity index (χ0n) is 10.6. The maximum Gasteiger partial charge on any atom is 0.254 e. The molecule has 0 radical (unpaired) electrons. The van der Waals surface area contributed by atoms with E-state index in [-0.39, 0.29) is 17.3 Å². The molecule has 0 aliphatic rings. The second-order valence-corrected chi connectivity index (χ2v) is 4.20. The molecule has 20 heavy (non-hydrogen) atoms. The Hall–Kier alpha value is -2.21. The van der Waals surface area contributed by atoms with E-state index in [2.05, 4.69) is 15.3 Å². The van der Waals surface area contributed by atoms with Crippen molar-refractivity contribution >= 4 is 17.5 Å². The molecule has 2 rings (SSSR count). The van der Waals surface area contributed by atoms with Gasteiger partial charge in [-0.15, -0.1) is 0 Å². The largest absolute Gasteiger partial charge is 0.481 e. The summed E-state index contributed by atoms with van der Waals surface area (Å²) in [6.07, 6.45) is 2.53. The molecule has 0 atom stereocenters. The Balaban J connectivity index is 2.11. The fraction of sp³-hybridized carbons (Fsp3) is 0.154. The third-order valence-corrected chi connectivity index (χ3v) is 2.83. The fourth-order valence-corrected chi connectivity index (χ4v) is 1.78. The molecule has 5 nitrogen and oxygen atoms in total. The third kappa shape index (κ3) is 3.21. The van der Waals surface area contributed by atoms with E-state index in [0.717, 1.165) is 12.3 Å². The molecular formula is C13H11ClFN3O2. The number of ether oxygens (including phenoxy) is 1. The van der Waals surface area contributed by atoms with Crippen LogP contribution in [0.25, 0.3) is 0 Å². The second kappa shape index (κ2) is 6.29. The molecule has 0 aliphatic carbocycles. The number of methoxy groups -OCH3 is 1. The predicted octanol–water partition coefficient (Wildman–Crippen LogP) is 2.21. The van der Waals surface area contributed by atoms with E-state index < -0.39 is 11.7 Å². The molecule has 0 fully saturated rings. The summed E-state index contributed by atoms with van der Waals surface area (Å²) in [5, 5.41) is 2.55. The van der Waals surface area contributed by atoms with Crippen molar-refractivity contribution in [2.45, 2.75) is 6.54 Å². The minimum Gasteiger partial charge on any atom is -0.481 e. The SMILES string of the molecule is COc1ncccc1CNC(=O)c1cc(F)cnc1Cl. The summed E-state index contributed by atoms with van der Waals surface area (Å²) < 4.78 is 18.1. The highest BCUT2D eigenvalue weighted by atomic mass is 35.5. The maximum atomic E-state index is 13.1. The van der Waals surface area contributed by atoms with E-state index >= 15 is 0 Å². The van der Waals surface area contributed by atoms with E-state index in [1.54, 1.807) is 18.3 Å². The van der Waals surface area contributed by atoms with Gasteiger partial charge in [-0.25, -0.2) is 14.4 Å². The lowest BCUT2D eigenvalue weighted by Gasteiger charge is -2.09. The van der Waals surface area contributed by atoms with Gasteiger partial charge in [-0.05, 0) is 12.1 Å². The van der Waals surface area contributed by atoms with Gasteiger partial charge >= 0.3 is 0 Å². The van der Waals surface area contributed by atoms with Gasteiger partial charge in [-0.1, -0.05) is 17.7 Å². The zero-order valence-corrected chi connectivity index (χ0v) is 11.3. The van der Waals surface area contributed by atoms with Crippen LogP contribution >= 0.6 is 11.6 Å². The van der Waals surface area contributed by atoms with E-state index in [4.69, 9.17) is 16.3 Å². The van der Waals surface area contributed by atoms with Crippen LogP contribution in [-0.4, -0.2) is 23.0 Å². The molecule has 0 aliphatic heterocycles. The molecule has 0 bridgehead atoms. The van der Waals surface area contributed by atoms with Crippen LogP contribution in [0, 0.1) is 5.82 Å². The average molecular weight is 296 g/mol. The first-order valence-corrected chi connectivity index (χ1v) is 6.06. The lowest BCUT2D eigenvalue weighted by molar-refractivity contribution is 0.0950. The number of aromatic nitrogens is 2. The van der Waals surface area contributed by atoms with Crippen molar-refractivity contribution in [2.75, 3.05) is 7.11 Å². The Kier molecular flexibility index (Phi) is 4.47. The molecule has 1 N–H and O–H groups in total. The lowest BCUT2D eigenvalue weighted by Crippen LogP contribution is -2.24. The average Bonchev–Trinajstić information content (AvgIpc) is 2.47. The third-order valence-electron chi connectivity index (χ3n) is 2.53. The summed E-state index contributed by atoms with van der Waals surface area (Å²) in [5.41, 5.74) is 0.679. The number of pyridine rings is 2. The number of amides is 1. The number of carbonyl (C=O) groups excluding carboxylic acids is 1. The van der Waals surface area contributed by atoms with E-state index in [0.29, 0.717) is 11.4 Å². The fourth-order valence-electron chi connectivity index (χ4n) is 1.60. The molecule has 0 spiro atoms. The van der Waals surface area contributed by atoms with Crippen LogP contribution in [0.4, 0.5) is 4.39 Å². The van der Waals surface area contributed by atoms with Gasteiger partial charge in [0.15, 0.2) is 0 Å². The zero-order chi connectivity index (χ0) is 14.5. The molecule has 1 amide bonds. The summed E-state index contributed by atoms with van der Waals surface area (Å²) in [6.45, 7) is 0.183. The quantitative estimate of drug-likeness (QED) is 0.878. The predicted molar refractivity (Wildman–Crippen MR) is 71.2 cm³/mol. The van der Waals surface area contributed by atoms with Crippen molar-refractivity contribution < 1.29 is 13.9 Å². The lowest BCUT2D eigenvalue weighted by atomic mass is 10.2. The monoisotopic (exact) mass is 295 g/mol. The molecule has 0 aromatic carbocycles. The highest BCUT2D eigenvalue weighted by Crippen LogP contribution is 2.16. The number of rotatable bonds is 4. The van der Waals surface area contributed by atoms with Gasteiger partial charge in [0.2, 0.25) is 5.88 Å². The first-order valence-electron chi connectivity index (χ1n) is 5.69. The van der Waals surface area contributed by atoms with Crippen molar-refractivity contribution in [3.05, 3.63) is 52.7 Å². The summed E-state index contributed by atoms with van der Waals surface area (Å²) in [5.74, 6) is -0.734. The second-order valence-electron chi connectivity index (χ2n) is 3.85. The Morgan fingerprint density at radius 3 is 3.05 bits per heavy atom. The Bertz CT molecular complexity index is 637. The van der Waals surface area contributed by atoms with Crippen molar-refractivity contribution in [3.63, 3.8) is 0 Å². The number of hydrogen-bond acceptors (Lipinski definition) is 4. The van der Waals surface area contributed by atoms with Crippen molar-refractivity contribution in [2.24, 2.45) is 0 Å². The normalized spacial score (nSPS) is 10.2. The van der Waals surface area contributed by atoms with Gasteiger partial charge in [0.1, 0.15) is 11.0 Å². The van der Waals surface area contributed by atoms with E-state index in [9.17, 15) is 9.18 Å². The van der Waals surface area contributed by atoms with Gasteiger partial charge in [0, 0.05) is 18.3 Å². The highest BCUT2D eigenvalue weighted by molar-refractivity contribution is 6.32. The summed E-state index contributed by atoms with van der Waals surface area (Å²) in [7, 11) is 1.49. The van der Waals surface area contributed by atoms with Crippen molar-refractivity contribution in [1.82, 2.24) is 15.3 Å². The van der Waals surface area contributed by atoms with Gasteiger partial charge in [0.05, 0.1) is 18.9 Å². The van der Waals surface area contributed by atoms with Gasteiger partial charge < -0.3 is 10.1 Å². The maximum absolute atomic E-state index is 13.1. The first-order chi connectivity index (χ1) is 9.61. The van der Waals surface area contributed by atoms with Crippen molar-refractivity contribution in [3.8, 4) is 5.88 Å². The molecule has 2 aromatic rings. The number of nitrogens with zero attached hydrogens (tertiary/aromatic N) is 2. The molecule has 2 heterocycles. The van der Waals surface area contributed by atoms with E-state index in [1.165, 1.54) is 7.11 Å².